The molecule has 2 rings (SSSR count). The predicted octanol–water partition coefficient (Wildman–Crippen LogP) is 0.628. The molecule has 1 saturated carbocycles. The van der Waals surface area contributed by atoms with E-state index in [-0.39, 0.29) is 18.6 Å². The Labute approximate surface area is 127 Å². The number of benzene rings is 1. The zero-order valence-electron chi connectivity index (χ0n) is 12.2. The van der Waals surface area contributed by atoms with Crippen molar-refractivity contribution in [3.63, 3.8) is 0 Å². The van der Waals surface area contributed by atoms with Crippen LogP contribution in [0.2, 0.25) is 0 Å². The van der Waals surface area contributed by atoms with Gasteiger partial charge in [0.2, 0.25) is 0 Å². The summed E-state index contributed by atoms with van der Waals surface area (Å²) in [4.78, 5) is 35.7. The molecule has 0 spiro atoms. The first-order chi connectivity index (χ1) is 10.4. The van der Waals surface area contributed by atoms with Crippen LogP contribution in [0.1, 0.15) is 30.1 Å². The number of ether oxygens (including phenoxy) is 1. The van der Waals surface area contributed by atoms with Crippen LogP contribution in [0.3, 0.4) is 0 Å². The van der Waals surface area contributed by atoms with Crippen molar-refractivity contribution >= 4 is 17.8 Å². The highest BCUT2D eigenvalue weighted by Crippen LogP contribution is 2.30. The molecule has 22 heavy (non-hydrogen) atoms. The molecule has 0 aliphatic heterocycles. The van der Waals surface area contributed by atoms with Gasteiger partial charge in [-0.05, 0) is 44.0 Å². The van der Waals surface area contributed by atoms with Gasteiger partial charge in [0.25, 0.3) is 11.8 Å². The van der Waals surface area contributed by atoms with Crippen molar-refractivity contribution in [3.8, 4) is 5.75 Å². The lowest BCUT2D eigenvalue weighted by Gasteiger charge is -2.26. The number of carbonyl (C=O) groups is 3. The van der Waals surface area contributed by atoms with Crippen molar-refractivity contribution in [1.82, 2.24) is 4.90 Å². The third-order valence-electron chi connectivity index (χ3n) is 3.43. The molecule has 118 valence electrons. The molecule has 1 aliphatic rings. The summed E-state index contributed by atoms with van der Waals surface area (Å²) in [5.74, 6) is -1.52. The van der Waals surface area contributed by atoms with Gasteiger partial charge in [0.15, 0.2) is 6.61 Å². The van der Waals surface area contributed by atoms with Gasteiger partial charge in [-0.25, -0.2) is 4.79 Å². The molecular formula is C15H18N2O5. The maximum Gasteiger partial charge on any atom is 0.326 e. The van der Waals surface area contributed by atoms with Gasteiger partial charge in [-0.3, -0.25) is 9.59 Å². The summed E-state index contributed by atoms with van der Waals surface area (Å²) in [5.41, 5.74) is 5.36. The summed E-state index contributed by atoms with van der Waals surface area (Å²) in [6.45, 7) is 1.26. The third kappa shape index (κ3) is 3.75. The first-order valence-electron chi connectivity index (χ1n) is 6.96. The minimum atomic E-state index is -1.03. The highest BCUT2D eigenvalue weighted by molar-refractivity contribution is 5.97. The van der Waals surface area contributed by atoms with E-state index in [4.69, 9.17) is 15.6 Å². The monoisotopic (exact) mass is 306 g/mol. The van der Waals surface area contributed by atoms with Crippen molar-refractivity contribution in [2.75, 3.05) is 6.61 Å². The lowest BCUT2D eigenvalue weighted by atomic mass is 10.1. The number of primary amides is 1. The average molecular weight is 306 g/mol. The number of amides is 2. The van der Waals surface area contributed by atoms with Crippen molar-refractivity contribution in [2.24, 2.45) is 5.73 Å². The number of rotatable bonds is 7. The van der Waals surface area contributed by atoms with E-state index in [0.717, 1.165) is 12.8 Å². The number of nitrogens with zero attached hydrogens (tertiary/aromatic N) is 1. The Bertz CT molecular complexity index is 580. The Morgan fingerprint density at radius 1 is 1.32 bits per heavy atom. The van der Waals surface area contributed by atoms with Gasteiger partial charge in [-0.15, -0.1) is 0 Å². The summed E-state index contributed by atoms with van der Waals surface area (Å²) >= 11 is 0. The molecule has 0 bridgehead atoms. The van der Waals surface area contributed by atoms with E-state index >= 15 is 0 Å². The maximum atomic E-state index is 12.5. The van der Waals surface area contributed by atoms with E-state index in [1.165, 1.54) is 11.8 Å². The molecule has 0 radical (unpaired) electrons. The first-order valence-corrected chi connectivity index (χ1v) is 6.96. The first kappa shape index (κ1) is 15.8. The second-order valence-corrected chi connectivity index (χ2v) is 5.24. The second kappa shape index (κ2) is 6.46. The Kier molecular flexibility index (Phi) is 4.65. The molecule has 1 aromatic rings. The lowest BCUT2D eigenvalue weighted by Crippen LogP contribution is -2.44. The molecule has 2 amide bonds. The minimum Gasteiger partial charge on any atom is -0.484 e. The van der Waals surface area contributed by atoms with Gasteiger partial charge in [-0.2, -0.15) is 0 Å². The van der Waals surface area contributed by atoms with E-state index in [1.54, 1.807) is 24.3 Å². The number of hydrogen-bond donors (Lipinski definition) is 2. The van der Waals surface area contributed by atoms with E-state index in [1.807, 2.05) is 0 Å². The van der Waals surface area contributed by atoms with Crippen molar-refractivity contribution < 1.29 is 24.2 Å². The van der Waals surface area contributed by atoms with Crippen LogP contribution in [-0.2, 0) is 9.59 Å². The molecule has 1 aromatic carbocycles. The van der Waals surface area contributed by atoms with Crippen molar-refractivity contribution in [1.29, 1.82) is 0 Å². The van der Waals surface area contributed by atoms with Crippen molar-refractivity contribution in [3.05, 3.63) is 29.8 Å². The SMILES string of the molecule is CC(C(=O)O)N(C(=O)c1ccc(OCC(N)=O)cc1)C1CC1. The quantitative estimate of drug-likeness (QED) is 0.767. The van der Waals surface area contributed by atoms with Gasteiger partial charge >= 0.3 is 5.97 Å². The molecule has 0 heterocycles. The molecule has 1 unspecified atom stereocenters. The van der Waals surface area contributed by atoms with E-state index in [0.29, 0.717) is 11.3 Å². The molecule has 3 N–H and O–H groups in total. The fraction of sp³-hybridized carbons (Fsp3) is 0.400. The normalized spacial score (nSPS) is 15.0. The molecule has 7 heteroatoms. The molecule has 1 fully saturated rings. The van der Waals surface area contributed by atoms with E-state index < -0.39 is 17.9 Å². The van der Waals surface area contributed by atoms with Gasteiger partial charge in [0.05, 0.1) is 0 Å². The number of carbonyl (C=O) groups excluding carboxylic acids is 2. The summed E-state index contributed by atoms with van der Waals surface area (Å²) in [7, 11) is 0. The molecular weight excluding hydrogens is 288 g/mol. The standard InChI is InChI=1S/C15H18N2O5/c1-9(15(20)21)17(11-4-5-11)14(19)10-2-6-12(7-3-10)22-8-13(16)18/h2-3,6-7,9,11H,4-5,8H2,1H3,(H2,16,18)(H,20,21). The van der Waals surface area contributed by atoms with E-state index in [2.05, 4.69) is 0 Å². The van der Waals surface area contributed by atoms with Crippen LogP contribution >= 0.6 is 0 Å². The van der Waals surface area contributed by atoms with Crippen LogP contribution in [-0.4, -0.2) is 46.5 Å². The van der Waals surface area contributed by atoms with E-state index in [9.17, 15) is 14.4 Å². The number of carboxylic acid groups (broad SMARTS) is 1. The smallest absolute Gasteiger partial charge is 0.326 e. The van der Waals surface area contributed by atoms with Crippen LogP contribution in [0.5, 0.6) is 5.75 Å². The van der Waals surface area contributed by atoms with Gasteiger partial charge in [-0.1, -0.05) is 0 Å². The zero-order chi connectivity index (χ0) is 16.3. The second-order valence-electron chi connectivity index (χ2n) is 5.24. The molecule has 7 nitrogen and oxygen atoms in total. The topological polar surface area (TPSA) is 110 Å². The van der Waals surface area contributed by atoms with Gasteiger partial charge in [0, 0.05) is 11.6 Å². The number of hydrogen-bond acceptors (Lipinski definition) is 4. The number of carboxylic acids is 1. The molecule has 1 atom stereocenters. The Balaban J connectivity index is 2.10. The zero-order valence-corrected chi connectivity index (χ0v) is 12.2. The Morgan fingerprint density at radius 2 is 1.91 bits per heavy atom. The summed E-state index contributed by atoms with van der Waals surface area (Å²) in [6.07, 6.45) is 1.65. The van der Waals surface area contributed by atoms with Crippen LogP contribution in [0, 0.1) is 0 Å². The molecule has 1 aliphatic carbocycles. The van der Waals surface area contributed by atoms with Crippen LogP contribution in [0.15, 0.2) is 24.3 Å². The number of aliphatic carboxylic acids is 1. The minimum absolute atomic E-state index is 0.00983. The maximum absolute atomic E-state index is 12.5. The lowest BCUT2D eigenvalue weighted by molar-refractivity contribution is -0.141. The Hall–Kier alpha value is -2.57. The van der Waals surface area contributed by atoms with Crippen LogP contribution in [0.25, 0.3) is 0 Å². The summed E-state index contributed by atoms with van der Waals surface area (Å²) in [5, 5.41) is 9.13. The highest BCUT2D eigenvalue weighted by Gasteiger charge is 2.38. The predicted molar refractivity (Wildman–Crippen MR) is 77.4 cm³/mol. The largest absolute Gasteiger partial charge is 0.484 e. The summed E-state index contributed by atoms with van der Waals surface area (Å²) in [6, 6.07) is 5.31. The fourth-order valence-electron chi connectivity index (χ4n) is 2.13. The fourth-order valence-corrected chi connectivity index (χ4v) is 2.13. The molecule has 0 saturated heterocycles. The summed E-state index contributed by atoms with van der Waals surface area (Å²) < 4.78 is 5.11. The van der Waals surface area contributed by atoms with Crippen molar-refractivity contribution in [2.45, 2.75) is 31.8 Å². The van der Waals surface area contributed by atoms with Crippen LogP contribution in [0.4, 0.5) is 0 Å². The third-order valence-corrected chi connectivity index (χ3v) is 3.43. The highest BCUT2D eigenvalue weighted by atomic mass is 16.5. The van der Waals surface area contributed by atoms with Crippen LogP contribution < -0.4 is 10.5 Å². The Morgan fingerprint density at radius 3 is 2.36 bits per heavy atom. The van der Waals surface area contributed by atoms with Gasteiger partial charge < -0.3 is 20.5 Å². The van der Waals surface area contributed by atoms with Gasteiger partial charge in [0.1, 0.15) is 11.8 Å². The average Bonchev–Trinajstić information content (AvgIpc) is 3.30. The number of nitrogens with two attached hydrogens (primary N) is 1. The molecule has 0 aromatic heterocycles.